The van der Waals surface area contributed by atoms with E-state index in [-0.39, 0.29) is 0 Å². The van der Waals surface area contributed by atoms with E-state index in [0.717, 1.165) is 27.5 Å². The Bertz CT molecular complexity index is 761. The largest absolute Gasteiger partial charge is 0.478 e. The average Bonchev–Trinajstić information content (AvgIpc) is 2.91. The zero-order valence-electron chi connectivity index (χ0n) is 10.3. The van der Waals surface area contributed by atoms with Gasteiger partial charge < -0.3 is 5.11 Å². The molecular formula is C15H12N2O2. The number of hydrogen-bond donors (Lipinski definition) is 2. The third-order valence-electron chi connectivity index (χ3n) is 3.24. The summed E-state index contributed by atoms with van der Waals surface area (Å²) in [7, 11) is 0. The maximum atomic E-state index is 11.0. The first kappa shape index (κ1) is 11.5. The van der Waals surface area contributed by atoms with Crippen LogP contribution >= 0.6 is 0 Å². The molecule has 0 aliphatic heterocycles. The van der Waals surface area contributed by atoms with Crippen molar-refractivity contribution >= 4 is 16.7 Å². The Labute approximate surface area is 109 Å². The van der Waals surface area contributed by atoms with Gasteiger partial charge >= 0.3 is 5.97 Å². The van der Waals surface area contributed by atoms with Crippen LogP contribution in [0.5, 0.6) is 0 Å². The second kappa shape index (κ2) is 4.24. The number of carboxylic acid groups (broad SMARTS) is 1. The number of nitrogens with zero attached hydrogens (tertiary/aromatic N) is 1. The number of carbonyl (C=O) groups is 1. The van der Waals surface area contributed by atoms with Crippen molar-refractivity contribution in [2.24, 2.45) is 0 Å². The molecule has 0 saturated heterocycles. The molecule has 0 fully saturated rings. The van der Waals surface area contributed by atoms with Gasteiger partial charge in [0, 0.05) is 11.8 Å². The summed E-state index contributed by atoms with van der Waals surface area (Å²) in [5.74, 6) is -0.910. The van der Waals surface area contributed by atoms with Crippen LogP contribution in [0.1, 0.15) is 15.9 Å². The minimum Gasteiger partial charge on any atom is -0.478 e. The molecule has 0 atom stereocenters. The Morgan fingerprint density at radius 1 is 1.21 bits per heavy atom. The Balaban J connectivity index is 2.25. The van der Waals surface area contributed by atoms with Crippen molar-refractivity contribution in [2.75, 3.05) is 0 Å². The number of H-pyrrole nitrogens is 1. The van der Waals surface area contributed by atoms with E-state index in [1.807, 2.05) is 25.3 Å². The lowest BCUT2D eigenvalue weighted by Crippen LogP contribution is -1.95. The zero-order chi connectivity index (χ0) is 13.4. The normalized spacial score (nSPS) is 10.8. The van der Waals surface area contributed by atoms with E-state index < -0.39 is 5.97 Å². The number of aromatic carboxylic acids is 1. The third kappa shape index (κ3) is 1.97. The molecule has 2 aromatic carbocycles. The fraction of sp³-hybridized carbons (Fsp3) is 0.0667. The van der Waals surface area contributed by atoms with Crippen LogP contribution in [0.3, 0.4) is 0 Å². The lowest BCUT2D eigenvalue weighted by molar-refractivity contribution is 0.0697. The fourth-order valence-electron chi connectivity index (χ4n) is 2.25. The number of rotatable bonds is 2. The van der Waals surface area contributed by atoms with Crippen LogP contribution in [0, 0.1) is 6.92 Å². The first-order valence-electron chi connectivity index (χ1n) is 5.92. The van der Waals surface area contributed by atoms with E-state index in [1.54, 1.807) is 18.3 Å². The summed E-state index contributed by atoms with van der Waals surface area (Å²) in [4.78, 5) is 11.0. The summed E-state index contributed by atoms with van der Waals surface area (Å²) in [5.41, 5.74) is 3.50. The van der Waals surface area contributed by atoms with E-state index in [4.69, 9.17) is 5.11 Å². The molecule has 0 aliphatic rings. The topological polar surface area (TPSA) is 66.0 Å². The highest BCUT2D eigenvalue weighted by molar-refractivity contribution is 5.96. The van der Waals surface area contributed by atoms with Crippen molar-refractivity contribution in [1.29, 1.82) is 0 Å². The number of aromatic nitrogens is 2. The fourth-order valence-corrected chi connectivity index (χ4v) is 2.25. The predicted molar refractivity (Wildman–Crippen MR) is 73.2 cm³/mol. The van der Waals surface area contributed by atoms with Crippen molar-refractivity contribution in [3.05, 3.63) is 53.9 Å². The summed E-state index contributed by atoms with van der Waals surface area (Å²) in [6.07, 6.45) is 3.59. The van der Waals surface area contributed by atoms with Crippen LogP contribution in [0.4, 0.5) is 0 Å². The summed E-state index contributed by atoms with van der Waals surface area (Å²) < 4.78 is 0. The van der Waals surface area contributed by atoms with E-state index >= 15 is 0 Å². The minimum absolute atomic E-state index is 0.300. The van der Waals surface area contributed by atoms with Crippen molar-refractivity contribution in [1.82, 2.24) is 10.2 Å². The molecule has 0 radical (unpaired) electrons. The second-order valence-electron chi connectivity index (χ2n) is 4.52. The molecule has 0 spiro atoms. The summed E-state index contributed by atoms with van der Waals surface area (Å²) in [6, 6.07) is 9.22. The van der Waals surface area contributed by atoms with Crippen LogP contribution in [-0.2, 0) is 0 Å². The molecule has 1 aromatic heterocycles. The van der Waals surface area contributed by atoms with E-state index in [1.165, 1.54) is 0 Å². The lowest BCUT2D eigenvalue weighted by atomic mass is 9.97. The molecule has 94 valence electrons. The molecule has 0 saturated carbocycles. The maximum absolute atomic E-state index is 11.0. The van der Waals surface area contributed by atoms with Gasteiger partial charge in [-0.3, -0.25) is 5.10 Å². The van der Waals surface area contributed by atoms with E-state index in [2.05, 4.69) is 16.3 Å². The minimum atomic E-state index is -0.910. The maximum Gasteiger partial charge on any atom is 0.335 e. The molecule has 4 nitrogen and oxygen atoms in total. The summed E-state index contributed by atoms with van der Waals surface area (Å²) in [6.45, 7) is 2.03. The van der Waals surface area contributed by atoms with Gasteiger partial charge in [-0.15, -0.1) is 0 Å². The number of hydrogen-bond acceptors (Lipinski definition) is 2. The van der Waals surface area contributed by atoms with Crippen molar-refractivity contribution in [2.45, 2.75) is 6.92 Å². The quantitative estimate of drug-likeness (QED) is 0.735. The van der Waals surface area contributed by atoms with Gasteiger partial charge in [-0.2, -0.15) is 5.10 Å². The Hall–Kier alpha value is -2.62. The van der Waals surface area contributed by atoms with Crippen LogP contribution in [-0.4, -0.2) is 21.3 Å². The van der Waals surface area contributed by atoms with Crippen molar-refractivity contribution in [3.63, 3.8) is 0 Å². The van der Waals surface area contributed by atoms with Crippen molar-refractivity contribution < 1.29 is 9.90 Å². The van der Waals surface area contributed by atoms with Gasteiger partial charge in [0.05, 0.1) is 11.8 Å². The molecule has 0 aliphatic carbocycles. The van der Waals surface area contributed by atoms with Gasteiger partial charge in [-0.05, 0) is 47.0 Å². The first-order valence-corrected chi connectivity index (χ1v) is 5.92. The number of carboxylic acids is 1. The summed E-state index contributed by atoms with van der Waals surface area (Å²) >= 11 is 0. The molecule has 19 heavy (non-hydrogen) atoms. The van der Waals surface area contributed by atoms with Crippen LogP contribution in [0.15, 0.2) is 42.7 Å². The highest BCUT2D eigenvalue weighted by Crippen LogP contribution is 2.28. The van der Waals surface area contributed by atoms with Gasteiger partial charge in [0.1, 0.15) is 0 Å². The van der Waals surface area contributed by atoms with Crippen LogP contribution in [0.2, 0.25) is 0 Å². The highest BCUT2D eigenvalue weighted by Gasteiger charge is 2.08. The van der Waals surface area contributed by atoms with E-state index in [0.29, 0.717) is 5.56 Å². The monoisotopic (exact) mass is 252 g/mol. The number of fused-ring (bicyclic) bond motifs is 1. The highest BCUT2D eigenvalue weighted by atomic mass is 16.4. The van der Waals surface area contributed by atoms with Crippen LogP contribution < -0.4 is 0 Å². The molecule has 2 N–H and O–H groups in total. The Morgan fingerprint density at radius 2 is 2.05 bits per heavy atom. The van der Waals surface area contributed by atoms with Gasteiger partial charge in [0.25, 0.3) is 0 Å². The molecule has 1 heterocycles. The first-order chi connectivity index (χ1) is 9.15. The van der Waals surface area contributed by atoms with E-state index in [9.17, 15) is 4.79 Å². The van der Waals surface area contributed by atoms with Gasteiger partial charge in [-0.1, -0.05) is 12.1 Å². The molecule has 0 amide bonds. The zero-order valence-corrected chi connectivity index (χ0v) is 10.3. The predicted octanol–water partition coefficient (Wildman–Crippen LogP) is 3.24. The summed E-state index contributed by atoms with van der Waals surface area (Å²) in [5, 5.41) is 17.7. The third-order valence-corrected chi connectivity index (χ3v) is 3.24. The Kier molecular flexibility index (Phi) is 2.56. The molecule has 0 unspecified atom stereocenters. The molecule has 0 bridgehead atoms. The Morgan fingerprint density at radius 3 is 2.74 bits per heavy atom. The van der Waals surface area contributed by atoms with Crippen LogP contribution in [0.25, 0.3) is 21.9 Å². The molecule has 4 heteroatoms. The number of aromatic amines is 1. The van der Waals surface area contributed by atoms with Gasteiger partial charge in [0.15, 0.2) is 0 Å². The number of aryl methyl sites for hydroxylation is 1. The smallest absolute Gasteiger partial charge is 0.335 e. The average molecular weight is 252 g/mol. The van der Waals surface area contributed by atoms with Crippen molar-refractivity contribution in [3.8, 4) is 11.1 Å². The lowest BCUT2D eigenvalue weighted by Gasteiger charge is -2.07. The second-order valence-corrected chi connectivity index (χ2v) is 4.52. The molecule has 3 aromatic rings. The molecular weight excluding hydrogens is 240 g/mol. The number of benzene rings is 2. The number of nitrogens with one attached hydrogen (secondary N) is 1. The standard InChI is InChI=1S/C15H12N2O2/c1-9-4-10-2-3-11(15(18)19)5-12(10)6-14(9)13-7-16-17-8-13/h2-8H,1H3,(H,16,17)(H,18,19). The van der Waals surface area contributed by atoms with Gasteiger partial charge in [-0.25, -0.2) is 4.79 Å². The molecule has 3 rings (SSSR count). The van der Waals surface area contributed by atoms with Gasteiger partial charge in [0.2, 0.25) is 0 Å². The SMILES string of the molecule is Cc1cc2ccc(C(=O)O)cc2cc1-c1cn[nH]c1.